The molecule has 0 bridgehead atoms. The van der Waals surface area contributed by atoms with Gasteiger partial charge in [0.25, 0.3) is 23.3 Å². The van der Waals surface area contributed by atoms with Crippen LogP contribution in [0.4, 0.5) is 28.4 Å². The zero-order chi connectivity index (χ0) is 33.9. The Bertz CT molecular complexity index is 2140. The Hall–Kier alpha value is -6.68. The molecule has 10 nitrogen and oxygen atoms in total. The summed E-state index contributed by atoms with van der Waals surface area (Å²) in [6.07, 6.45) is 0. The fraction of sp³-hybridized carbons (Fsp3) is 0.0526. The fourth-order valence-electron chi connectivity index (χ4n) is 5.51. The molecule has 3 aliphatic heterocycles. The minimum atomic E-state index is -0.536. The van der Waals surface area contributed by atoms with Gasteiger partial charge in [-0.3, -0.25) is 38.6 Å². The fourth-order valence-corrected chi connectivity index (χ4v) is 5.51. The van der Waals surface area contributed by atoms with Crippen molar-refractivity contribution in [1.82, 2.24) is 0 Å². The molecule has 48 heavy (non-hydrogen) atoms. The molecule has 0 unspecified atom stereocenters. The first-order chi connectivity index (χ1) is 23.2. The zero-order valence-corrected chi connectivity index (χ0v) is 25.8. The second kappa shape index (κ2) is 13.0. The molecule has 5 aromatic rings. The van der Waals surface area contributed by atoms with Crippen molar-refractivity contribution in [3.05, 3.63) is 144 Å². The third-order valence-electron chi connectivity index (χ3n) is 7.89. The minimum absolute atomic E-state index is 0.436. The van der Waals surface area contributed by atoms with Crippen molar-refractivity contribution in [1.29, 1.82) is 0 Å². The molecular weight excluding hydrogens is 610 g/mol. The van der Waals surface area contributed by atoms with E-state index < -0.39 is 35.1 Å². The van der Waals surface area contributed by atoms with Gasteiger partial charge in [-0.1, -0.05) is 54.6 Å². The molecule has 3 aliphatic rings. The van der Waals surface area contributed by atoms with Gasteiger partial charge < -0.3 is 10.1 Å². The highest BCUT2D eigenvalue weighted by Gasteiger charge is 2.37. The number of ether oxygens (including phenoxy) is 1. The number of nitrogens with zero attached hydrogens (tertiary/aromatic N) is 2. The predicted octanol–water partition coefficient (Wildman–Crippen LogP) is 6.23. The number of anilines is 5. The molecule has 0 spiro atoms. The van der Waals surface area contributed by atoms with Crippen LogP contribution in [0.2, 0.25) is 0 Å². The van der Waals surface area contributed by atoms with Gasteiger partial charge >= 0.3 is 11.8 Å². The number of hydrogen-bond donors (Lipinski definition) is 1. The van der Waals surface area contributed by atoms with Crippen LogP contribution < -0.4 is 19.9 Å². The lowest BCUT2D eigenvalue weighted by Gasteiger charge is -2.18. The molecule has 0 fully saturated rings. The van der Waals surface area contributed by atoms with Gasteiger partial charge in [0.1, 0.15) is 5.75 Å². The van der Waals surface area contributed by atoms with Crippen LogP contribution >= 0.6 is 0 Å². The first kappa shape index (κ1) is 31.3. The number of fused-ring (bicyclic) bond motifs is 3. The number of methoxy groups -OCH3 is 1. The molecule has 1 N–H and O–H groups in total. The lowest BCUT2D eigenvalue weighted by Crippen LogP contribution is -2.25. The van der Waals surface area contributed by atoms with E-state index in [1.165, 1.54) is 9.80 Å². The quantitative estimate of drug-likeness (QED) is 0.232. The highest BCUT2D eigenvalue weighted by Crippen LogP contribution is 2.37. The van der Waals surface area contributed by atoms with E-state index in [9.17, 15) is 28.8 Å². The molecule has 5 aromatic carbocycles. The van der Waals surface area contributed by atoms with Crippen molar-refractivity contribution >= 4 is 63.5 Å². The van der Waals surface area contributed by atoms with E-state index in [1.54, 1.807) is 98.1 Å². The Labute approximate surface area is 275 Å². The number of Topliss-reactive ketones (excluding diaryl/α,β-unsaturated/α-hetero) is 3. The number of rotatable bonds is 3. The van der Waals surface area contributed by atoms with Crippen LogP contribution in [0.3, 0.4) is 0 Å². The normalized spacial score (nSPS) is 14.0. The Balaban J connectivity index is 0.000000130. The van der Waals surface area contributed by atoms with E-state index in [2.05, 4.69) is 5.32 Å². The summed E-state index contributed by atoms with van der Waals surface area (Å²) in [7, 11) is 1.58. The minimum Gasteiger partial charge on any atom is -0.497 e. The van der Waals surface area contributed by atoms with Crippen molar-refractivity contribution in [3.63, 3.8) is 0 Å². The molecule has 8 rings (SSSR count). The highest BCUT2D eigenvalue weighted by atomic mass is 16.5. The van der Waals surface area contributed by atoms with Crippen LogP contribution in [0.25, 0.3) is 0 Å². The molecule has 0 saturated carbocycles. The van der Waals surface area contributed by atoms with E-state index in [1.807, 2.05) is 37.3 Å². The van der Waals surface area contributed by atoms with E-state index in [-0.39, 0.29) is 0 Å². The molecule has 236 valence electrons. The van der Waals surface area contributed by atoms with Gasteiger partial charge in [-0.05, 0) is 79.2 Å². The lowest BCUT2D eigenvalue weighted by molar-refractivity contribution is -0.114. The summed E-state index contributed by atoms with van der Waals surface area (Å²) in [4.78, 5) is 72.6. The van der Waals surface area contributed by atoms with E-state index in [0.717, 1.165) is 11.3 Å². The van der Waals surface area contributed by atoms with Crippen LogP contribution in [-0.4, -0.2) is 42.2 Å². The first-order valence-electron chi connectivity index (χ1n) is 14.8. The molecule has 0 radical (unpaired) electrons. The summed E-state index contributed by atoms with van der Waals surface area (Å²) in [5.41, 5.74) is 5.69. The number of carbonyl (C=O) groups excluding carboxylic acids is 6. The molecule has 10 heteroatoms. The van der Waals surface area contributed by atoms with E-state index >= 15 is 0 Å². The van der Waals surface area contributed by atoms with Crippen LogP contribution in [-0.2, 0) is 14.4 Å². The summed E-state index contributed by atoms with van der Waals surface area (Å²) < 4.78 is 5.08. The SMILES string of the molecule is COc1ccc(N2C(=O)C(=O)c3ccccc32)cc1.Cc1ccccc1N1C(=O)C(=O)c2ccccc21.O=C1Nc2ccccc2C1=O. The van der Waals surface area contributed by atoms with Crippen LogP contribution in [0.1, 0.15) is 36.6 Å². The van der Waals surface area contributed by atoms with Crippen molar-refractivity contribution in [2.45, 2.75) is 6.92 Å². The van der Waals surface area contributed by atoms with Crippen LogP contribution in [0, 0.1) is 6.92 Å². The highest BCUT2D eigenvalue weighted by molar-refractivity contribution is 6.54. The van der Waals surface area contributed by atoms with Gasteiger partial charge in [-0.2, -0.15) is 0 Å². The number of benzene rings is 5. The number of aryl methyl sites for hydroxylation is 1. The third kappa shape index (κ3) is 5.62. The number of hydrogen-bond acceptors (Lipinski definition) is 7. The maximum Gasteiger partial charge on any atom is 0.304 e. The standard InChI is InChI=1S/C15H11NO3.C15H11NO2.C8H5NO2/c1-19-11-8-6-10(7-9-11)16-13-5-3-2-4-12(13)14(17)15(16)18;1-10-6-2-4-8-12(10)16-13-9-5-3-7-11(13)14(17)15(16)18;10-7-5-3-1-2-4-6(5)9-8(7)11/h2-9H,1H3;2-9H,1H3;1-4H,(H,9,10,11). The lowest BCUT2D eigenvalue weighted by atomic mass is 10.1. The topological polar surface area (TPSA) is 130 Å². The Kier molecular flexibility index (Phi) is 8.46. The Morgan fingerprint density at radius 3 is 1.54 bits per heavy atom. The van der Waals surface area contributed by atoms with Gasteiger partial charge in [0.2, 0.25) is 0 Å². The zero-order valence-electron chi connectivity index (χ0n) is 25.8. The van der Waals surface area contributed by atoms with Gasteiger partial charge in [0.15, 0.2) is 0 Å². The number of para-hydroxylation sites is 4. The summed E-state index contributed by atoms with van der Waals surface area (Å²) in [5, 5.41) is 2.46. The third-order valence-corrected chi connectivity index (χ3v) is 7.89. The van der Waals surface area contributed by atoms with Gasteiger partial charge in [-0.25, -0.2) is 0 Å². The first-order valence-corrected chi connectivity index (χ1v) is 14.8. The smallest absolute Gasteiger partial charge is 0.304 e. The second-order valence-electron chi connectivity index (χ2n) is 10.8. The van der Waals surface area contributed by atoms with Crippen molar-refractivity contribution in [2.24, 2.45) is 0 Å². The molecule has 3 amide bonds. The average Bonchev–Trinajstić information content (AvgIpc) is 3.66. The number of amides is 3. The van der Waals surface area contributed by atoms with Gasteiger partial charge in [0, 0.05) is 5.69 Å². The van der Waals surface area contributed by atoms with Gasteiger partial charge in [0.05, 0.1) is 46.5 Å². The number of ketones is 3. The monoisotopic (exact) mass is 637 g/mol. The maximum atomic E-state index is 12.1. The van der Waals surface area contributed by atoms with Crippen molar-refractivity contribution < 1.29 is 33.5 Å². The Morgan fingerprint density at radius 1 is 0.500 bits per heavy atom. The average molecular weight is 638 g/mol. The van der Waals surface area contributed by atoms with Crippen LogP contribution in [0.5, 0.6) is 5.75 Å². The summed E-state index contributed by atoms with van der Waals surface area (Å²) in [6.45, 7) is 1.92. The maximum absolute atomic E-state index is 12.1. The molecule has 0 aromatic heterocycles. The molecule has 0 saturated heterocycles. The summed E-state index contributed by atoms with van der Waals surface area (Å²) in [6, 6.07) is 35.5. The number of nitrogens with one attached hydrogen (secondary N) is 1. The summed E-state index contributed by atoms with van der Waals surface area (Å²) in [5.74, 6) is -2.18. The molecule has 0 aliphatic carbocycles. The second-order valence-corrected chi connectivity index (χ2v) is 10.8. The predicted molar refractivity (Wildman–Crippen MR) is 179 cm³/mol. The van der Waals surface area contributed by atoms with Crippen molar-refractivity contribution in [2.75, 3.05) is 22.2 Å². The van der Waals surface area contributed by atoms with E-state index in [0.29, 0.717) is 45.2 Å². The molecule has 3 heterocycles. The van der Waals surface area contributed by atoms with Gasteiger partial charge in [-0.15, -0.1) is 0 Å². The summed E-state index contributed by atoms with van der Waals surface area (Å²) >= 11 is 0. The number of carbonyl (C=O) groups is 6. The van der Waals surface area contributed by atoms with Crippen LogP contribution in [0.15, 0.2) is 121 Å². The molecular formula is C38H27N3O7. The molecule has 0 atom stereocenters. The van der Waals surface area contributed by atoms with Crippen molar-refractivity contribution in [3.8, 4) is 5.75 Å². The van der Waals surface area contributed by atoms with E-state index in [4.69, 9.17) is 4.74 Å². The Morgan fingerprint density at radius 2 is 0.979 bits per heavy atom. The largest absolute Gasteiger partial charge is 0.497 e.